The van der Waals surface area contributed by atoms with Gasteiger partial charge in [0.25, 0.3) is 0 Å². The van der Waals surface area contributed by atoms with Crippen LogP contribution in [0.25, 0.3) is 0 Å². The summed E-state index contributed by atoms with van der Waals surface area (Å²) in [5.41, 5.74) is 1.37. The molecule has 108 valence electrons. The van der Waals surface area contributed by atoms with Gasteiger partial charge in [0.15, 0.2) is 0 Å². The first-order valence-corrected chi connectivity index (χ1v) is 7.97. The average Bonchev–Trinajstić information content (AvgIpc) is 2.42. The maximum absolute atomic E-state index is 5.27. The van der Waals surface area contributed by atoms with Crippen LogP contribution in [0.15, 0.2) is 22.7 Å². The van der Waals surface area contributed by atoms with Gasteiger partial charge in [0.2, 0.25) is 0 Å². The Morgan fingerprint density at radius 3 is 2.58 bits per heavy atom. The summed E-state index contributed by atoms with van der Waals surface area (Å²) < 4.78 is 6.31. The predicted molar refractivity (Wildman–Crippen MR) is 85.9 cm³/mol. The quantitative estimate of drug-likeness (QED) is 0.763. The number of methoxy groups -OCH3 is 1. The van der Waals surface area contributed by atoms with Crippen LogP contribution in [0, 0.1) is 5.92 Å². The van der Waals surface area contributed by atoms with Crippen molar-refractivity contribution in [3.63, 3.8) is 0 Å². The maximum atomic E-state index is 5.27. The van der Waals surface area contributed by atoms with Gasteiger partial charge in [-0.25, -0.2) is 0 Å². The third-order valence-electron chi connectivity index (χ3n) is 3.66. The second kappa shape index (κ2) is 8.60. The molecule has 0 bridgehead atoms. The van der Waals surface area contributed by atoms with Gasteiger partial charge in [-0.2, -0.15) is 0 Å². The van der Waals surface area contributed by atoms with E-state index in [9.17, 15) is 0 Å². The number of rotatable bonds is 8. The van der Waals surface area contributed by atoms with Crippen LogP contribution in [0.2, 0.25) is 0 Å². The lowest BCUT2D eigenvalue weighted by molar-refractivity contribution is 0.362. The Labute approximate surface area is 126 Å². The van der Waals surface area contributed by atoms with Crippen molar-refractivity contribution in [2.75, 3.05) is 13.7 Å². The van der Waals surface area contributed by atoms with Gasteiger partial charge in [-0.1, -0.05) is 26.3 Å². The minimum atomic E-state index is 0.561. The summed E-state index contributed by atoms with van der Waals surface area (Å²) in [6.07, 6.45) is 3.49. The van der Waals surface area contributed by atoms with Gasteiger partial charge in [-0.15, -0.1) is 0 Å². The van der Waals surface area contributed by atoms with Crippen LogP contribution in [-0.4, -0.2) is 19.7 Å². The summed E-state index contributed by atoms with van der Waals surface area (Å²) in [6, 6.07) is 6.94. The van der Waals surface area contributed by atoms with Crippen molar-refractivity contribution >= 4 is 15.9 Å². The lowest BCUT2D eigenvalue weighted by atomic mass is 9.90. The van der Waals surface area contributed by atoms with E-state index in [4.69, 9.17) is 4.74 Å². The Morgan fingerprint density at radius 1 is 1.32 bits per heavy atom. The van der Waals surface area contributed by atoms with Crippen LogP contribution in [0.5, 0.6) is 5.75 Å². The summed E-state index contributed by atoms with van der Waals surface area (Å²) >= 11 is 3.56. The average molecular weight is 328 g/mol. The van der Waals surface area contributed by atoms with Crippen molar-refractivity contribution in [1.29, 1.82) is 0 Å². The fourth-order valence-corrected chi connectivity index (χ4v) is 2.94. The molecule has 0 aliphatic carbocycles. The van der Waals surface area contributed by atoms with E-state index in [1.54, 1.807) is 7.11 Å². The maximum Gasteiger partial charge on any atom is 0.133 e. The molecule has 1 rings (SSSR count). The third kappa shape index (κ3) is 5.15. The van der Waals surface area contributed by atoms with E-state index in [1.807, 2.05) is 6.07 Å². The van der Waals surface area contributed by atoms with Gasteiger partial charge in [-0.3, -0.25) is 0 Å². The molecule has 1 aromatic carbocycles. The van der Waals surface area contributed by atoms with Crippen LogP contribution >= 0.6 is 15.9 Å². The van der Waals surface area contributed by atoms with Crippen molar-refractivity contribution in [3.8, 4) is 5.75 Å². The topological polar surface area (TPSA) is 21.3 Å². The summed E-state index contributed by atoms with van der Waals surface area (Å²) in [5.74, 6) is 1.57. The van der Waals surface area contributed by atoms with E-state index in [2.05, 4.69) is 54.2 Å². The van der Waals surface area contributed by atoms with Gasteiger partial charge in [0.05, 0.1) is 11.6 Å². The highest BCUT2D eigenvalue weighted by Gasteiger charge is 2.15. The third-order valence-corrected chi connectivity index (χ3v) is 4.28. The first-order chi connectivity index (χ1) is 9.12. The Balaban J connectivity index is 2.67. The molecule has 0 amide bonds. The van der Waals surface area contributed by atoms with Crippen LogP contribution in [0.3, 0.4) is 0 Å². The first kappa shape index (κ1) is 16.5. The molecule has 0 aromatic heterocycles. The molecule has 0 aliphatic heterocycles. The summed E-state index contributed by atoms with van der Waals surface area (Å²) in [5, 5.41) is 3.60. The zero-order chi connectivity index (χ0) is 14.3. The largest absolute Gasteiger partial charge is 0.496 e. The minimum Gasteiger partial charge on any atom is -0.496 e. The van der Waals surface area contributed by atoms with Crippen molar-refractivity contribution in [3.05, 3.63) is 28.2 Å². The van der Waals surface area contributed by atoms with Gasteiger partial charge >= 0.3 is 0 Å². The monoisotopic (exact) mass is 327 g/mol. The zero-order valence-electron chi connectivity index (χ0n) is 12.5. The Hall–Kier alpha value is -0.540. The zero-order valence-corrected chi connectivity index (χ0v) is 14.1. The number of ether oxygens (including phenoxy) is 1. The van der Waals surface area contributed by atoms with Crippen molar-refractivity contribution in [1.82, 2.24) is 5.32 Å². The smallest absolute Gasteiger partial charge is 0.133 e. The summed E-state index contributed by atoms with van der Waals surface area (Å²) in [6.45, 7) is 7.88. The molecule has 19 heavy (non-hydrogen) atoms. The molecule has 0 saturated heterocycles. The van der Waals surface area contributed by atoms with Crippen molar-refractivity contribution in [2.24, 2.45) is 5.92 Å². The molecule has 1 N–H and O–H groups in total. The van der Waals surface area contributed by atoms with Crippen LogP contribution in [0.4, 0.5) is 0 Å². The lowest BCUT2D eigenvalue weighted by Gasteiger charge is -2.24. The molecule has 2 atom stereocenters. The molecule has 2 unspecified atom stereocenters. The van der Waals surface area contributed by atoms with Gasteiger partial charge in [0.1, 0.15) is 5.75 Å². The normalized spacial score (nSPS) is 14.2. The van der Waals surface area contributed by atoms with E-state index in [-0.39, 0.29) is 0 Å². The fourth-order valence-electron chi connectivity index (χ4n) is 2.35. The predicted octanol–water partition coefficient (Wildman–Crippen LogP) is 4.41. The Morgan fingerprint density at radius 2 is 2.05 bits per heavy atom. The molecule has 2 nitrogen and oxygen atoms in total. The number of benzene rings is 1. The highest BCUT2D eigenvalue weighted by Crippen LogP contribution is 2.27. The molecule has 0 fully saturated rings. The molecule has 0 radical (unpaired) electrons. The SMILES string of the molecule is CCCNC(C)C(CC)Cc1ccc(OC)c(Br)c1. The minimum absolute atomic E-state index is 0.561. The van der Waals surface area contributed by atoms with E-state index in [1.165, 1.54) is 18.4 Å². The van der Waals surface area contributed by atoms with Gasteiger partial charge < -0.3 is 10.1 Å². The highest BCUT2D eigenvalue weighted by atomic mass is 79.9. The highest BCUT2D eigenvalue weighted by molar-refractivity contribution is 9.10. The number of hydrogen-bond donors (Lipinski definition) is 1. The lowest BCUT2D eigenvalue weighted by Crippen LogP contribution is -2.34. The van der Waals surface area contributed by atoms with Crippen LogP contribution < -0.4 is 10.1 Å². The molecule has 0 heterocycles. The van der Waals surface area contributed by atoms with E-state index in [0.29, 0.717) is 12.0 Å². The molecule has 1 aromatic rings. The van der Waals surface area contributed by atoms with Crippen molar-refractivity contribution in [2.45, 2.75) is 46.1 Å². The van der Waals surface area contributed by atoms with Crippen molar-refractivity contribution < 1.29 is 4.74 Å². The van der Waals surface area contributed by atoms with E-state index >= 15 is 0 Å². The van der Waals surface area contributed by atoms with Crippen LogP contribution in [-0.2, 0) is 6.42 Å². The fraction of sp³-hybridized carbons (Fsp3) is 0.625. The first-order valence-electron chi connectivity index (χ1n) is 7.18. The molecule has 0 saturated carbocycles. The molecular formula is C16H26BrNO. The second-order valence-corrected chi connectivity index (χ2v) is 5.94. The molecule has 0 spiro atoms. The Kier molecular flexibility index (Phi) is 7.47. The van der Waals surface area contributed by atoms with E-state index in [0.717, 1.165) is 23.2 Å². The Bertz CT molecular complexity index is 381. The molecular weight excluding hydrogens is 302 g/mol. The summed E-state index contributed by atoms with van der Waals surface area (Å²) in [4.78, 5) is 0. The van der Waals surface area contributed by atoms with Crippen LogP contribution in [0.1, 0.15) is 39.2 Å². The molecule has 0 aliphatic rings. The number of hydrogen-bond acceptors (Lipinski definition) is 2. The van der Waals surface area contributed by atoms with Gasteiger partial charge in [0, 0.05) is 6.04 Å². The van der Waals surface area contributed by atoms with E-state index < -0.39 is 0 Å². The second-order valence-electron chi connectivity index (χ2n) is 5.08. The molecule has 3 heteroatoms. The number of halogens is 1. The standard InChI is InChI=1S/C16H26BrNO/c1-5-9-18-12(3)14(6-2)10-13-7-8-16(19-4)15(17)11-13/h7-8,11-12,14,18H,5-6,9-10H2,1-4H3. The van der Waals surface area contributed by atoms with Gasteiger partial charge in [-0.05, 0) is 65.9 Å². The number of nitrogens with one attached hydrogen (secondary N) is 1. The summed E-state index contributed by atoms with van der Waals surface area (Å²) in [7, 11) is 1.70.